The summed E-state index contributed by atoms with van der Waals surface area (Å²) >= 11 is 12.1. The first kappa shape index (κ1) is 18.1. The van der Waals surface area contributed by atoms with Crippen LogP contribution < -0.4 is 10.1 Å². The highest BCUT2D eigenvalue weighted by atomic mass is 35.5. The van der Waals surface area contributed by atoms with Crippen molar-refractivity contribution >= 4 is 40.9 Å². The fraction of sp³-hybridized carbons (Fsp3) is 0. The lowest BCUT2D eigenvalue weighted by Crippen LogP contribution is -2.08. The van der Waals surface area contributed by atoms with Crippen molar-refractivity contribution in [3.8, 4) is 11.5 Å². The molecule has 0 unspecified atom stereocenters. The van der Waals surface area contributed by atoms with Gasteiger partial charge in [0.05, 0.1) is 5.69 Å². The molecule has 1 N–H and O–H groups in total. The molecule has 0 heterocycles. The number of ether oxygens (including phenoxy) is 1. The Balaban J connectivity index is 1.77. The maximum absolute atomic E-state index is 12.3. The summed E-state index contributed by atoms with van der Waals surface area (Å²) in [6.45, 7) is 0. The highest BCUT2D eigenvalue weighted by Gasteiger charge is 2.08. The van der Waals surface area contributed by atoms with Crippen LogP contribution in [0.15, 0.2) is 78.9 Å². The van der Waals surface area contributed by atoms with Gasteiger partial charge < -0.3 is 10.1 Å². The van der Waals surface area contributed by atoms with Gasteiger partial charge in [0.1, 0.15) is 5.75 Å². The van der Waals surface area contributed by atoms with E-state index in [1.54, 1.807) is 30.3 Å². The molecule has 3 aromatic carbocycles. The summed E-state index contributed by atoms with van der Waals surface area (Å²) in [6, 6.07) is 21.6. The molecule has 1 amide bonds. The molecule has 130 valence electrons. The SMILES string of the molecule is O=C(/C=C/c1ccccc1Cl)Nc1cc(Cl)ccc1Oc1ccccc1. The fourth-order valence-electron chi connectivity index (χ4n) is 2.25. The van der Waals surface area contributed by atoms with Gasteiger partial charge in [0.25, 0.3) is 0 Å². The number of rotatable bonds is 5. The summed E-state index contributed by atoms with van der Waals surface area (Å²) in [5.74, 6) is 0.849. The summed E-state index contributed by atoms with van der Waals surface area (Å²) in [5.41, 5.74) is 1.24. The van der Waals surface area contributed by atoms with E-state index in [4.69, 9.17) is 27.9 Å². The molecule has 0 saturated heterocycles. The molecule has 5 heteroatoms. The maximum atomic E-state index is 12.3. The van der Waals surface area contributed by atoms with Crippen LogP contribution in [-0.4, -0.2) is 5.91 Å². The zero-order chi connectivity index (χ0) is 18.4. The maximum Gasteiger partial charge on any atom is 0.248 e. The number of hydrogen-bond acceptors (Lipinski definition) is 2. The molecule has 0 fully saturated rings. The molecular formula is C21H15Cl2NO2. The quantitative estimate of drug-likeness (QED) is 0.514. The number of carbonyl (C=O) groups is 1. The molecule has 0 radical (unpaired) electrons. The first-order valence-corrected chi connectivity index (χ1v) is 8.63. The summed E-state index contributed by atoms with van der Waals surface area (Å²) in [4.78, 5) is 12.3. The molecule has 0 aliphatic heterocycles. The Morgan fingerprint density at radius 2 is 1.65 bits per heavy atom. The Labute approximate surface area is 161 Å². The third-order valence-electron chi connectivity index (χ3n) is 3.49. The number of anilines is 1. The Bertz CT molecular complexity index is 940. The van der Waals surface area contributed by atoms with Crippen molar-refractivity contribution in [2.45, 2.75) is 0 Å². The minimum absolute atomic E-state index is 0.315. The van der Waals surface area contributed by atoms with Gasteiger partial charge in [-0.15, -0.1) is 0 Å². The summed E-state index contributed by atoms with van der Waals surface area (Å²) in [5, 5.41) is 3.86. The molecule has 0 spiro atoms. The number of nitrogens with one attached hydrogen (secondary N) is 1. The van der Waals surface area contributed by atoms with Crippen LogP contribution in [0, 0.1) is 0 Å². The minimum atomic E-state index is -0.315. The first-order valence-electron chi connectivity index (χ1n) is 7.88. The Hall–Kier alpha value is -2.75. The van der Waals surface area contributed by atoms with Gasteiger partial charge in [-0.3, -0.25) is 4.79 Å². The van der Waals surface area contributed by atoms with Gasteiger partial charge in [-0.05, 0) is 48.0 Å². The Kier molecular flexibility index (Phi) is 5.95. The zero-order valence-corrected chi connectivity index (χ0v) is 15.2. The van der Waals surface area contributed by atoms with Crippen LogP contribution in [0.1, 0.15) is 5.56 Å². The van der Waals surface area contributed by atoms with E-state index >= 15 is 0 Å². The van der Waals surface area contributed by atoms with E-state index in [9.17, 15) is 4.79 Å². The predicted molar refractivity (Wildman–Crippen MR) is 107 cm³/mol. The van der Waals surface area contributed by atoms with Gasteiger partial charge in [0, 0.05) is 16.1 Å². The van der Waals surface area contributed by atoms with Crippen molar-refractivity contribution in [1.82, 2.24) is 0 Å². The van der Waals surface area contributed by atoms with E-state index in [2.05, 4.69) is 5.32 Å². The Morgan fingerprint density at radius 1 is 0.923 bits per heavy atom. The van der Waals surface area contributed by atoms with Crippen LogP contribution >= 0.6 is 23.2 Å². The number of benzene rings is 3. The summed E-state index contributed by atoms with van der Waals surface area (Å²) < 4.78 is 5.83. The average Bonchev–Trinajstić information content (AvgIpc) is 2.64. The van der Waals surface area contributed by atoms with E-state index in [0.717, 1.165) is 5.56 Å². The van der Waals surface area contributed by atoms with E-state index in [0.29, 0.717) is 27.2 Å². The zero-order valence-electron chi connectivity index (χ0n) is 13.7. The number of hydrogen-bond donors (Lipinski definition) is 1. The van der Waals surface area contributed by atoms with Crippen LogP contribution in [0.25, 0.3) is 6.08 Å². The summed E-state index contributed by atoms with van der Waals surface area (Å²) in [6.07, 6.45) is 3.06. The van der Waals surface area contributed by atoms with Crippen molar-refractivity contribution < 1.29 is 9.53 Å². The van der Waals surface area contributed by atoms with Crippen molar-refractivity contribution in [3.63, 3.8) is 0 Å². The topological polar surface area (TPSA) is 38.3 Å². The third-order valence-corrected chi connectivity index (χ3v) is 4.07. The van der Waals surface area contributed by atoms with E-state index in [1.807, 2.05) is 48.5 Å². The number of halogens is 2. The lowest BCUT2D eigenvalue weighted by molar-refractivity contribution is -0.111. The monoisotopic (exact) mass is 383 g/mol. The van der Waals surface area contributed by atoms with Gasteiger partial charge in [-0.2, -0.15) is 0 Å². The number of para-hydroxylation sites is 1. The number of carbonyl (C=O) groups excluding carboxylic acids is 1. The van der Waals surface area contributed by atoms with Crippen LogP contribution in [-0.2, 0) is 4.79 Å². The standard InChI is InChI=1S/C21H15Cl2NO2/c22-16-11-12-20(26-17-7-2-1-3-8-17)19(14-16)24-21(25)13-10-15-6-4-5-9-18(15)23/h1-14H,(H,24,25)/b13-10+. The highest BCUT2D eigenvalue weighted by molar-refractivity contribution is 6.32. The normalized spacial score (nSPS) is 10.7. The molecule has 0 aliphatic carbocycles. The van der Waals surface area contributed by atoms with Crippen LogP contribution in [0.2, 0.25) is 10.0 Å². The van der Waals surface area contributed by atoms with Gasteiger partial charge >= 0.3 is 0 Å². The average molecular weight is 384 g/mol. The van der Waals surface area contributed by atoms with E-state index in [1.165, 1.54) is 6.08 Å². The second-order valence-corrected chi connectivity index (χ2v) is 6.24. The largest absolute Gasteiger partial charge is 0.455 e. The van der Waals surface area contributed by atoms with Crippen LogP contribution in [0.4, 0.5) is 5.69 Å². The third kappa shape index (κ3) is 4.88. The fourth-order valence-corrected chi connectivity index (χ4v) is 2.63. The minimum Gasteiger partial charge on any atom is -0.455 e. The van der Waals surface area contributed by atoms with Crippen molar-refractivity contribution in [2.24, 2.45) is 0 Å². The smallest absolute Gasteiger partial charge is 0.248 e. The molecule has 0 aromatic heterocycles. The van der Waals surface area contributed by atoms with Gasteiger partial charge in [0.2, 0.25) is 5.91 Å². The lowest BCUT2D eigenvalue weighted by Gasteiger charge is -2.12. The molecule has 3 aromatic rings. The molecular weight excluding hydrogens is 369 g/mol. The van der Waals surface area contributed by atoms with Crippen molar-refractivity contribution in [1.29, 1.82) is 0 Å². The van der Waals surface area contributed by atoms with Crippen molar-refractivity contribution in [2.75, 3.05) is 5.32 Å². The predicted octanol–water partition coefficient (Wildman–Crippen LogP) is 6.44. The van der Waals surface area contributed by atoms with Crippen molar-refractivity contribution in [3.05, 3.63) is 94.5 Å². The van der Waals surface area contributed by atoms with Gasteiger partial charge in [0.15, 0.2) is 5.75 Å². The van der Waals surface area contributed by atoms with E-state index in [-0.39, 0.29) is 5.91 Å². The first-order chi connectivity index (χ1) is 12.6. The van der Waals surface area contributed by atoms with Crippen LogP contribution in [0.3, 0.4) is 0 Å². The lowest BCUT2D eigenvalue weighted by atomic mass is 10.2. The second kappa shape index (κ2) is 8.56. The molecule has 0 atom stereocenters. The molecule has 3 rings (SSSR count). The highest BCUT2D eigenvalue weighted by Crippen LogP contribution is 2.32. The van der Waals surface area contributed by atoms with E-state index < -0.39 is 0 Å². The molecule has 3 nitrogen and oxygen atoms in total. The molecule has 0 aliphatic rings. The Morgan fingerprint density at radius 3 is 2.42 bits per heavy atom. The summed E-state index contributed by atoms with van der Waals surface area (Å²) in [7, 11) is 0. The molecule has 0 bridgehead atoms. The van der Waals surface area contributed by atoms with Gasteiger partial charge in [-0.1, -0.05) is 59.6 Å². The second-order valence-electron chi connectivity index (χ2n) is 5.40. The van der Waals surface area contributed by atoms with Gasteiger partial charge in [-0.25, -0.2) is 0 Å². The molecule has 0 saturated carbocycles. The van der Waals surface area contributed by atoms with Crippen LogP contribution in [0.5, 0.6) is 11.5 Å². The number of amides is 1. The molecule has 26 heavy (non-hydrogen) atoms.